The summed E-state index contributed by atoms with van der Waals surface area (Å²) in [5.74, 6) is 0. The summed E-state index contributed by atoms with van der Waals surface area (Å²) in [5, 5.41) is 0. The molecule has 1 unspecified atom stereocenters. The van der Waals surface area contributed by atoms with Crippen molar-refractivity contribution >= 4 is 10.3 Å². The molecule has 0 saturated carbocycles. The van der Waals surface area contributed by atoms with E-state index in [0.717, 1.165) is 21.0 Å². The fourth-order valence-corrected chi connectivity index (χ4v) is 3.20. The maximum atomic E-state index is 11.5. The Morgan fingerprint density at radius 2 is 1.64 bits per heavy atom. The summed E-state index contributed by atoms with van der Waals surface area (Å²) in [6, 6.07) is 16.9. The summed E-state index contributed by atoms with van der Waals surface area (Å²) in [6.45, 7) is 0. The highest BCUT2D eigenvalue weighted by atomic mass is 32.2. The highest BCUT2D eigenvalue weighted by molar-refractivity contribution is 7.83. The summed E-state index contributed by atoms with van der Waals surface area (Å²) in [6.07, 6.45) is 6.43. The Morgan fingerprint density at radius 1 is 0.909 bits per heavy atom. The number of rotatable bonds is 3. The molecular weight excluding hydrogens is 298 g/mol. The molecule has 0 fully saturated rings. The molecule has 112 valence electrons. The van der Waals surface area contributed by atoms with Crippen LogP contribution >= 0.6 is 0 Å². The Balaban J connectivity index is 2.02. The molecule has 1 aliphatic heterocycles. The molecule has 0 radical (unpaired) electrons. The van der Waals surface area contributed by atoms with Gasteiger partial charge < -0.3 is 0 Å². The van der Waals surface area contributed by atoms with Crippen molar-refractivity contribution in [3.8, 4) is 11.1 Å². The van der Waals surface area contributed by atoms with E-state index >= 15 is 0 Å². The quantitative estimate of drug-likeness (QED) is 0.881. The van der Waals surface area contributed by atoms with Crippen molar-refractivity contribution in [1.82, 2.24) is 4.31 Å². The van der Waals surface area contributed by atoms with Crippen LogP contribution in [-0.2, 0) is 10.3 Å². The van der Waals surface area contributed by atoms with Gasteiger partial charge in [-0.1, -0.05) is 60.7 Å². The average Bonchev–Trinajstić information content (AvgIpc) is 2.55. The average molecular weight is 313 g/mol. The van der Waals surface area contributed by atoms with Crippen molar-refractivity contribution in [1.29, 1.82) is 0 Å². The molecule has 4 nitrogen and oxygen atoms in total. The predicted molar refractivity (Wildman–Crippen MR) is 86.3 cm³/mol. The van der Waals surface area contributed by atoms with E-state index in [2.05, 4.69) is 0 Å². The predicted octanol–water partition coefficient (Wildman–Crippen LogP) is 3.58. The molecule has 1 N–H and O–H groups in total. The third-order valence-electron chi connectivity index (χ3n) is 3.51. The Kier molecular flexibility index (Phi) is 3.83. The first-order chi connectivity index (χ1) is 10.6. The van der Waals surface area contributed by atoms with Gasteiger partial charge in [0, 0.05) is 6.20 Å². The lowest BCUT2D eigenvalue weighted by Crippen LogP contribution is -2.29. The molecule has 2 aromatic carbocycles. The largest absolute Gasteiger partial charge is 0.360 e. The number of benzene rings is 2. The van der Waals surface area contributed by atoms with Gasteiger partial charge >= 0.3 is 10.3 Å². The lowest BCUT2D eigenvalue weighted by atomic mass is 9.98. The number of nitrogens with zero attached hydrogens (tertiary/aromatic N) is 1. The maximum Gasteiger partial charge on any atom is 0.360 e. The molecule has 1 aliphatic rings. The zero-order valence-electron chi connectivity index (χ0n) is 11.7. The molecule has 5 heteroatoms. The topological polar surface area (TPSA) is 57.6 Å². The molecule has 0 amide bonds. The minimum absolute atomic E-state index is 0.552. The van der Waals surface area contributed by atoms with Gasteiger partial charge in [0.15, 0.2) is 0 Å². The SMILES string of the molecule is O=S(=O)(O)N1C=CC=CC1c1cccc(-c2ccccc2)c1. The van der Waals surface area contributed by atoms with Gasteiger partial charge in [-0.05, 0) is 28.8 Å². The molecule has 2 aromatic rings. The van der Waals surface area contributed by atoms with Gasteiger partial charge in [0.1, 0.15) is 0 Å². The molecule has 3 rings (SSSR count). The maximum absolute atomic E-state index is 11.5. The van der Waals surface area contributed by atoms with Crippen LogP contribution < -0.4 is 0 Å². The highest BCUT2D eigenvalue weighted by Crippen LogP contribution is 2.30. The first-order valence-electron chi connectivity index (χ1n) is 6.82. The molecule has 0 aromatic heterocycles. The molecule has 0 bridgehead atoms. The standard InChI is InChI=1S/C17H15NO3S/c19-22(20,21)18-12-5-4-11-17(18)16-10-6-9-15(13-16)14-7-2-1-3-8-14/h1-13,17H,(H,19,20,21). The van der Waals surface area contributed by atoms with Crippen LogP contribution in [0.1, 0.15) is 11.6 Å². The second-order valence-corrected chi connectivity index (χ2v) is 6.29. The third kappa shape index (κ3) is 2.95. The van der Waals surface area contributed by atoms with Crippen molar-refractivity contribution in [3.05, 3.63) is 84.6 Å². The third-order valence-corrected chi connectivity index (χ3v) is 4.40. The zero-order chi connectivity index (χ0) is 15.6. The van der Waals surface area contributed by atoms with Crippen molar-refractivity contribution < 1.29 is 13.0 Å². The Hall–Kier alpha value is -2.37. The Bertz CT molecular complexity index is 826. The van der Waals surface area contributed by atoms with Crippen LogP contribution in [-0.4, -0.2) is 17.3 Å². The van der Waals surface area contributed by atoms with Crippen LogP contribution in [0.25, 0.3) is 11.1 Å². The van der Waals surface area contributed by atoms with Gasteiger partial charge in [0.2, 0.25) is 0 Å². The first-order valence-corrected chi connectivity index (χ1v) is 8.22. The number of hydrogen-bond donors (Lipinski definition) is 1. The van der Waals surface area contributed by atoms with Crippen LogP contribution in [0.2, 0.25) is 0 Å². The fourth-order valence-electron chi connectivity index (χ4n) is 2.49. The van der Waals surface area contributed by atoms with E-state index in [1.807, 2.05) is 54.6 Å². The smallest absolute Gasteiger partial charge is 0.269 e. The van der Waals surface area contributed by atoms with Gasteiger partial charge in [0.25, 0.3) is 0 Å². The lowest BCUT2D eigenvalue weighted by Gasteiger charge is -2.27. The van der Waals surface area contributed by atoms with Gasteiger partial charge in [0.05, 0.1) is 6.04 Å². The summed E-state index contributed by atoms with van der Waals surface area (Å²) >= 11 is 0. The van der Waals surface area contributed by atoms with Crippen LogP contribution in [0.3, 0.4) is 0 Å². The second kappa shape index (κ2) is 5.79. The molecule has 0 saturated heterocycles. The van der Waals surface area contributed by atoms with Gasteiger partial charge in [-0.3, -0.25) is 4.55 Å². The molecule has 0 aliphatic carbocycles. The second-order valence-electron chi connectivity index (χ2n) is 4.97. The summed E-state index contributed by atoms with van der Waals surface area (Å²) in [5.41, 5.74) is 2.84. The minimum Gasteiger partial charge on any atom is -0.269 e. The van der Waals surface area contributed by atoms with E-state index in [1.165, 1.54) is 6.20 Å². The van der Waals surface area contributed by atoms with E-state index < -0.39 is 16.3 Å². The van der Waals surface area contributed by atoms with Gasteiger partial charge in [-0.25, -0.2) is 4.31 Å². The summed E-state index contributed by atoms with van der Waals surface area (Å²) in [4.78, 5) is 0. The fraction of sp³-hybridized carbons (Fsp3) is 0.0588. The van der Waals surface area contributed by atoms with Crippen molar-refractivity contribution in [2.75, 3.05) is 0 Å². The lowest BCUT2D eigenvalue weighted by molar-refractivity contribution is 0.379. The zero-order valence-corrected chi connectivity index (χ0v) is 12.5. The summed E-state index contributed by atoms with van der Waals surface area (Å²) in [7, 11) is -4.31. The van der Waals surface area contributed by atoms with Gasteiger partial charge in [-0.2, -0.15) is 8.42 Å². The van der Waals surface area contributed by atoms with E-state index in [-0.39, 0.29) is 0 Å². The van der Waals surface area contributed by atoms with Crippen LogP contribution in [0, 0.1) is 0 Å². The molecule has 1 heterocycles. The van der Waals surface area contributed by atoms with Crippen LogP contribution in [0.5, 0.6) is 0 Å². The van der Waals surface area contributed by atoms with Crippen molar-refractivity contribution in [3.63, 3.8) is 0 Å². The minimum atomic E-state index is -4.31. The Morgan fingerprint density at radius 3 is 2.36 bits per heavy atom. The molecular formula is C17H15NO3S. The van der Waals surface area contributed by atoms with E-state index in [1.54, 1.807) is 18.2 Å². The molecule has 22 heavy (non-hydrogen) atoms. The highest BCUT2D eigenvalue weighted by Gasteiger charge is 2.26. The molecule has 0 spiro atoms. The van der Waals surface area contributed by atoms with E-state index in [9.17, 15) is 13.0 Å². The number of hydrogen-bond acceptors (Lipinski definition) is 2. The van der Waals surface area contributed by atoms with Crippen molar-refractivity contribution in [2.45, 2.75) is 6.04 Å². The number of allylic oxidation sites excluding steroid dienone is 2. The summed E-state index contributed by atoms with van der Waals surface area (Å²) < 4.78 is 33.4. The monoisotopic (exact) mass is 313 g/mol. The van der Waals surface area contributed by atoms with E-state index in [0.29, 0.717) is 0 Å². The van der Waals surface area contributed by atoms with Gasteiger partial charge in [-0.15, -0.1) is 0 Å². The van der Waals surface area contributed by atoms with E-state index in [4.69, 9.17) is 0 Å². The first kappa shape index (κ1) is 14.6. The Labute approximate surface area is 129 Å². The van der Waals surface area contributed by atoms with Crippen LogP contribution in [0.4, 0.5) is 0 Å². The molecule has 1 atom stereocenters. The van der Waals surface area contributed by atoms with Crippen molar-refractivity contribution in [2.24, 2.45) is 0 Å². The van der Waals surface area contributed by atoms with Crippen LogP contribution in [0.15, 0.2) is 79.0 Å². The normalized spacial score (nSPS) is 17.7.